The number of rotatable bonds is 4. The monoisotopic (exact) mass is 382 g/mol. The standard InChI is InChI=1S/C20H23FN6O/c1-13(19-26-25-18-7-2-3-10-27(18)19)23-20(28)24-17-12-22-9-8-16(17)14-5-4-6-15(21)11-14/h2-7,10-11,13,16-17,22H,8-9,12H2,1H3,(H2,23,24,28)/t13?,16-,17-/m1/s1. The molecule has 3 atom stereocenters. The number of hydrogen-bond acceptors (Lipinski definition) is 4. The van der Waals surface area contributed by atoms with Crippen LogP contribution in [0.3, 0.4) is 0 Å². The van der Waals surface area contributed by atoms with Gasteiger partial charge in [-0.15, -0.1) is 10.2 Å². The molecule has 2 aromatic heterocycles. The van der Waals surface area contributed by atoms with Crippen LogP contribution in [0, 0.1) is 5.82 Å². The van der Waals surface area contributed by atoms with E-state index in [0.29, 0.717) is 12.4 Å². The molecule has 0 spiro atoms. The Hall–Kier alpha value is -3.00. The van der Waals surface area contributed by atoms with Crippen LogP contribution in [-0.4, -0.2) is 39.8 Å². The van der Waals surface area contributed by atoms with Crippen LogP contribution in [0.2, 0.25) is 0 Å². The average molecular weight is 382 g/mol. The van der Waals surface area contributed by atoms with E-state index in [1.807, 2.05) is 41.8 Å². The summed E-state index contributed by atoms with van der Waals surface area (Å²) in [7, 11) is 0. The summed E-state index contributed by atoms with van der Waals surface area (Å²) in [4.78, 5) is 12.6. The maximum Gasteiger partial charge on any atom is 0.315 e. The number of carbonyl (C=O) groups excluding carboxylic acids is 1. The van der Waals surface area contributed by atoms with E-state index < -0.39 is 0 Å². The maximum atomic E-state index is 13.6. The Labute approximate surface area is 162 Å². The number of hydrogen-bond donors (Lipinski definition) is 3. The number of pyridine rings is 1. The zero-order valence-corrected chi connectivity index (χ0v) is 15.6. The molecule has 3 N–H and O–H groups in total. The second-order valence-corrected chi connectivity index (χ2v) is 7.09. The van der Waals surface area contributed by atoms with Crippen LogP contribution in [0.25, 0.3) is 5.65 Å². The quantitative estimate of drug-likeness (QED) is 0.647. The first-order valence-corrected chi connectivity index (χ1v) is 9.44. The van der Waals surface area contributed by atoms with E-state index in [9.17, 15) is 9.18 Å². The fourth-order valence-electron chi connectivity index (χ4n) is 3.77. The van der Waals surface area contributed by atoms with Crippen LogP contribution < -0.4 is 16.0 Å². The lowest BCUT2D eigenvalue weighted by Crippen LogP contribution is -2.53. The first kappa shape index (κ1) is 18.4. The van der Waals surface area contributed by atoms with Gasteiger partial charge in [-0.1, -0.05) is 18.2 Å². The summed E-state index contributed by atoms with van der Waals surface area (Å²) in [5.41, 5.74) is 1.64. The molecule has 1 unspecified atom stereocenters. The second-order valence-electron chi connectivity index (χ2n) is 7.09. The van der Waals surface area contributed by atoms with Gasteiger partial charge >= 0.3 is 6.03 Å². The summed E-state index contributed by atoms with van der Waals surface area (Å²) < 4.78 is 15.5. The van der Waals surface area contributed by atoms with E-state index in [1.54, 1.807) is 12.1 Å². The van der Waals surface area contributed by atoms with Crippen molar-refractivity contribution in [2.45, 2.75) is 31.3 Å². The fraction of sp³-hybridized carbons (Fsp3) is 0.350. The van der Waals surface area contributed by atoms with E-state index in [4.69, 9.17) is 0 Å². The van der Waals surface area contributed by atoms with Crippen LogP contribution >= 0.6 is 0 Å². The van der Waals surface area contributed by atoms with Crippen molar-refractivity contribution in [3.63, 3.8) is 0 Å². The number of fused-ring (bicyclic) bond motifs is 1. The fourth-order valence-corrected chi connectivity index (χ4v) is 3.77. The first-order valence-electron chi connectivity index (χ1n) is 9.44. The molecule has 1 fully saturated rings. The number of piperidine rings is 1. The molecule has 1 aliphatic rings. The second kappa shape index (κ2) is 7.93. The summed E-state index contributed by atoms with van der Waals surface area (Å²) >= 11 is 0. The number of urea groups is 1. The molecule has 0 saturated carbocycles. The predicted octanol–water partition coefficient (Wildman–Crippen LogP) is 2.37. The Morgan fingerprint density at radius 1 is 1.29 bits per heavy atom. The van der Waals surface area contributed by atoms with Gasteiger partial charge in [-0.2, -0.15) is 0 Å². The maximum absolute atomic E-state index is 13.6. The van der Waals surface area contributed by atoms with Gasteiger partial charge in [-0.05, 0) is 49.7 Å². The molecule has 2 amide bonds. The van der Waals surface area contributed by atoms with E-state index in [-0.39, 0.29) is 29.8 Å². The number of carbonyl (C=O) groups is 1. The van der Waals surface area contributed by atoms with Crippen molar-refractivity contribution in [1.82, 2.24) is 30.5 Å². The summed E-state index contributed by atoms with van der Waals surface area (Å²) in [5.74, 6) is 0.465. The highest BCUT2D eigenvalue weighted by Gasteiger charge is 2.28. The third-order valence-electron chi connectivity index (χ3n) is 5.15. The van der Waals surface area contributed by atoms with Gasteiger partial charge in [0.15, 0.2) is 11.5 Å². The van der Waals surface area contributed by atoms with Gasteiger partial charge in [0.05, 0.1) is 6.04 Å². The summed E-state index contributed by atoms with van der Waals surface area (Å²) in [5, 5.41) is 17.6. The minimum atomic E-state index is -0.318. The van der Waals surface area contributed by atoms with Gasteiger partial charge in [-0.3, -0.25) is 4.40 Å². The Morgan fingerprint density at radius 3 is 3.04 bits per heavy atom. The van der Waals surface area contributed by atoms with E-state index in [2.05, 4.69) is 26.1 Å². The van der Waals surface area contributed by atoms with E-state index >= 15 is 0 Å². The zero-order valence-electron chi connectivity index (χ0n) is 15.6. The lowest BCUT2D eigenvalue weighted by Gasteiger charge is -2.33. The Balaban J connectivity index is 1.44. The zero-order chi connectivity index (χ0) is 19.5. The molecule has 1 aliphatic heterocycles. The van der Waals surface area contributed by atoms with Crippen molar-refractivity contribution < 1.29 is 9.18 Å². The van der Waals surface area contributed by atoms with Gasteiger partial charge < -0.3 is 16.0 Å². The molecule has 0 radical (unpaired) electrons. The molecular formula is C20H23FN6O. The predicted molar refractivity (Wildman–Crippen MR) is 103 cm³/mol. The molecule has 146 valence electrons. The van der Waals surface area contributed by atoms with Crippen molar-refractivity contribution in [2.24, 2.45) is 0 Å². The number of nitrogens with zero attached hydrogens (tertiary/aromatic N) is 3. The van der Waals surface area contributed by atoms with Crippen LogP contribution in [0.15, 0.2) is 48.7 Å². The molecular weight excluding hydrogens is 359 g/mol. The normalized spacial score (nSPS) is 20.6. The molecule has 7 nitrogen and oxygen atoms in total. The molecule has 4 rings (SSSR count). The van der Waals surface area contributed by atoms with E-state index in [1.165, 1.54) is 6.07 Å². The lowest BCUT2D eigenvalue weighted by atomic mass is 9.86. The van der Waals surface area contributed by atoms with Gasteiger partial charge in [0.1, 0.15) is 5.82 Å². The average Bonchev–Trinajstić information content (AvgIpc) is 3.12. The first-order chi connectivity index (χ1) is 13.6. The van der Waals surface area contributed by atoms with Gasteiger partial charge in [0.2, 0.25) is 0 Å². The Kier molecular flexibility index (Phi) is 5.21. The van der Waals surface area contributed by atoms with Gasteiger partial charge in [0, 0.05) is 24.7 Å². The minimum absolute atomic E-state index is 0.0620. The largest absolute Gasteiger partial charge is 0.334 e. The third-order valence-corrected chi connectivity index (χ3v) is 5.15. The third kappa shape index (κ3) is 3.82. The van der Waals surface area contributed by atoms with Crippen molar-refractivity contribution in [3.05, 3.63) is 65.9 Å². The molecule has 1 aromatic carbocycles. The number of amides is 2. The van der Waals surface area contributed by atoms with Gasteiger partial charge in [-0.25, -0.2) is 9.18 Å². The molecule has 0 aliphatic carbocycles. The molecule has 0 bridgehead atoms. The van der Waals surface area contributed by atoms with Crippen LogP contribution in [0.1, 0.15) is 36.7 Å². The number of nitrogens with one attached hydrogen (secondary N) is 3. The van der Waals surface area contributed by atoms with Crippen LogP contribution in [0.4, 0.5) is 9.18 Å². The van der Waals surface area contributed by atoms with E-state index in [0.717, 1.165) is 24.2 Å². The van der Waals surface area contributed by atoms with Crippen molar-refractivity contribution in [2.75, 3.05) is 13.1 Å². The molecule has 28 heavy (non-hydrogen) atoms. The summed E-state index contributed by atoms with van der Waals surface area (Å²) in [6, 6.07) is 11.5. The number of halogens is 1. The Morgan fingerprint density at radius 2 is 2.18 bits per heavy atom. The lowest BCUT2D eigenvalue weighted by molar-refractivity contribution is 0.227. The highest BCUT2D eigenvalue weighted by Crippen LogP contribution is 2.26. The summed E-state index contributed by atoms with van der Waals surface area (Å²) in [6.07, 6.45) is 2.70. The highest BCUT2D eigenvalue weighted by molar-refractivity contribution is 5.74. The number of aromatic nitrogens is 3. The molecule has 1 saturated heterocycles. The topological polar surface area (TPSA) is 83.4 Å². The van der Waals surface area contributed by atoms with Gasteiger partial charge in [0.25, 0.3) is 0 Å². The van der Waals surface area contributed by atoms with Crippen LogP contribution in [0.5, 0.6) is 0 Å². The van der Waals surface area contributed by atoms with Crippen molar-refractivity contribution in [3.8, 4) is 0 Å². The molecule has 8 heteroatoms. The minimum Gasteiger partial charge on any atom is -0.334 e. The molecule has 3 heterocycles. The smallest absolute Gasteiger partial charge is 0.315 e. The van der Waals surface area contributed by atoms with Crippen LogP contribution in [-0.2, 0) is 0 Å². The van der Waals surface area contributed by atoms with Crippen molar-refractivity contribution >= 4 is 11.7 Å². The van der Waals surface area contributed by atoms with Crippen molar-refractivity contribution in [1.29, 1.82) is 0 Å². The summed E-state index contributed by atoms with van der Waals surface area (Å²) in [6.45, 7) is 3.34. The number of benzene rings is 1. The Bertz CT molecular complexity index is 974. The molecule has 3 aromatic rings. The SMILES string of the molecule is CC(NC(=O)N[C@@H]1CNCC[C@@H]1c1cccc(F)c1)c1nnc2ccccn12. The highest BCUT2D eigenvalue weighted by atomic mass is 19.1.